The summed E-state index contributed by atoms with van der Waals surface area (Å²) in [6.45, 7) is 1.57. The highest BCUT2D eigenvalue weighted by Gasteiger charge is 2.25. The molecule has 1 fully saturated rings. The van der Waals surface area contributed by atoms with Crippen molar-refractivity contribution < 1.29 is 4.79 Å². The molecule has 0 unspecified atom stereocenters. The van der Waals surface area contributed by atoms with E-state index >= 15 is 0 Å². The van der Waals surface area contributed by atoms with Crippen molar-refractivity contribution in [1.82, 2.24) is 19.9 Å². The van der Waals surface area contributed by atoms with Gasteiger partial charge in [-0.15, -0.1) is 0 Å². The Morgan fingerprint density at radius 3 is 2.75 bits per heavy atom. The Morgan fingerprint density at radius 1 is 1.12 bits per heavy atom. The molecule has 1 aliphatic rings. The van der Waals surface area contributed by atoms with Gasteiger partial charge in [-0.1, -0.05) is 24.3 Å². The summed E-state index contributed by atoms with van der Waals surface area (Å²) in [5.74, 6) is 1.67. The van der Waals surface area contributed by atoms with E-state index in [4.69, 9.17) is 0 Å². The number of imidazole rings is 1. The van der Waals surface area contributed by atoms with Crippen molar-refractivity contribution in [2.75, 3.05) is 13.1 Å². The minimum Gasteiger partial charge on any atom is -0.349 e. The minimum atomic E-state index is 0.0447. The smallest absolute Gasteiger partial charge is 0.273 e. The van der Waals surface area contributed by atoms with E-state index in [0.29, 0.717) is 11.6 Å². The van der Waals surface area contributed by atoms with Crippen LogP contribution in [0.15, 0.2) is 48.9 Å². The van der Waals surface area contributed by atoms with Gasteiger partial charge >= 0.3 is 0 Å². The molecule has 122 valence electrons. The molecule has 1 aliphatic heterocycles. The molecule has 0 spiro atoms. The van der Waals surface area contributed by atoms with Crippen molar-refractivity contribution in [1.29, 1.82) is 0 Å². The third-order valence-electron chi connectivity index (χ3n) is 4.81. The number of fused-ring (bicyclic) bond motifs is 1. The Kier molecular flexibility index (Phi) is 3.99. The number of carbonyl (C=O) groups is 1. The van der Waals surface area contributed by atoms with Crippen LogP contribution in [-0.4, -0.2) is 38.8 Å². The Hall–Kier alpha value is -2.69. The fourth-order valence-electron chi connectivity index (χ4n) is 3.46. The summed E-state index contributed by atoms with van der Waals surface area (Å²) in [5, 5.41) is 1.99. The summed E-state index contributed by atoms with van der Waals surface area (Å²) >= 11 is 0. The van der Waals surface area contributed by atoms with Crippen LogP contribution in [0.3, 0.4) is 0 Å². The molecule has 3 heterocycles. The van der Waals surface area contributed by atoms with Crippen LogP contribution in [0.5, 0.6) is 0 Å². The predicted molar refractivity (Wildman–Crippen MR) is 92.7 cm³/mol. The standard InChI is InChI=1S/C19H20N4O/c24-19(18-16-4-2-1-3-15(16)5-8-22-18)23-11-6-14(7-12-23)13-17-20-9-10-21-17/h1-5,8-10,14H,6-7,11-13H2,(H,20,21). The Morgan fingerprint density at radius 2 is 1.96 bits per heavy atom. The molecule has 0 bridgehead atoms. The molecule has 2 aromatic heterocycles. The van der Waals surface area contributed by atoms with Crippen LogP contribution in [0.4, 0.5) is 0 Å². The van der Waals surface area contributed by atoms with Crippen molar-refractivity contribution in [3.63, 3.8) is 0 Å². The number of pyridine rings is 1. The first-order chi connectivity index (χ1) is 11.8. The highest BCUT2D eigenvalue weighted by molar-refractivity contribution is 6.05. The molecule has 1 saturated heterocycles. The molecule has 5 nitrogen and oxygen atoms in total. The summed E-state index contributed by atoms with van der Waals surface area (Å²) in [4.78, 5) is 26.6. The number of nitrogens with one attached hydrogen (secondary N) is 1. The summed E-state index contributed by atoms with van der Waals surface area (Å²) in [7, 11) is 0. The van der Waals surface area contributed by atoms with Gasteiger partial charge in [0.05, 0.1) is 0 Å². The second-order valence-electron chi connectivity index (χ2n) is 6.36. The van der Waals surface area contributed by atoms with E-state index in [1.54, 1.807) is 12.4 Å². The zero-order valence-electron chi connectivity index (χ0n) is 13.5. The lowest BCUT2D eigenvalue weighted by Crippen LogP contribution is -2.39. The maximum atomic E-state index is 12.9. The van der Waals surface area contributed by atoms with Gasteiger partial charge in [-0.2, -0.15) is 0 Å². The number of hydrogen-bond acceptors (Lipinski definition) is 3. The molecule has 0 aliphatic carbocycles. The number of carbonyl (C=O) groups excluding carboxylic acids is 1. The van der Waals surface area contributed by atoms with Crippen molar-refractivity contribution in [3.05, 3.63) is 60.4 Å². The van der Waals surface area contributed by atoms with Crippen LogP contribution < -0.4 is 0 Å². The fraction of sp³-hybridized carbons (Fsp3) is 0.316. The molecule has 1 N–H and O–H groups in total. The summed E-state index contributed by atoms with van der Waals surface area (Å²) in [6.07, 6.45) is 8.36. The van der Waals surface area contributed by atoms with E-state index < -0.39 is 0 Å². The van der Waals surface area contributed by atoms with Crippen LogP contribution in [0.2, 0.25) is 0 Å². The zero-order chi connectivity index (χ0) is 16.4. The first kappa shape index (κ1) is 14.9. The van der Waals surface area contributed by atoms with E-state index in [9.17, 15) is 4.79 Å². The highest BCUT2D eigenvalue weighted by atomic mass is 16.2. The number of nitrogens with zero attached hydrogens (tertiary/aromatic N) is 3. The number of benzene rings is 1. The molecule has 0 saturated carbocycles. The number of rotatable bonds is 3. The molecular formula is C19H20N4O. The molecule has 0 radical (unpaired) electrons. The number of hydrogen-bond donors (Lipinski definition) is 1. The van der Waals surface area contributed by atoms with Gasteiger partial charge in [0.1, 0.15) is 11.5 Å². The second-order valence-corrected chi connectivity index (χ2v) is 6.36. The van der Waals surface area contributed by atoms with Gasteiger partial charge in [0, 0.05) is 43.5 Å². The average Bonchev–Trinajstić information content (AvgIpc) is 3.14. The van der Waals surface area contributed by atoms with Gasteiger partial charge < -0.3 is 9.88 Å². The molecular weight excluding hydrogens is 300 g/mol. The van der Waals surface area contributed by atoms with Gasteiger partial charge in [0.15, 0.2) is 0 Å². The van der Waals surface area contributed by atoms with Gasteiger partial charge in [0.2, 0.25) is 0 Å². The van der Waals surface area contributed by atoms with Crippen LogP contribution in [-0.2, 0) is 6.42 Å². The SMILES string of the molecule is O=C(c1nccc2ccccc12)N1CCC(Cc2ncc[nH]2)CC1. The third kappa shape index (κ3) is 2.89. The van der Waals surface area contributed by atoms with E-state index in [1.165, 1.54) is 0 Å². The van der Waals surface area contributed by atoms with Gasteiger partial charge in [-0.25, -0.2) is 4.98 Å². The summed E-state index contributed by atoms with van der Waals surface area (Å²) in [6, 6.07) is 9.87. The quantitative estimate of drug-likeness (QED) is 0.807. The Balaban J connectivity index is 1.46. The summed E-state index contributed by atoms with van der Waals surface area (Å²) < 4.78 is 0. The van der Waals surface area contributed by atoms with Crippen LogP contribution >= 0.6 is 0 Å². The zero-order valence-corrected chi connectivity index (χ0v) is 13.5. The number of aromatic nitrogens is 3. The molecule has 1 amide bonds. The first-order valence-electron chi connectivity index (χ1n) is 8.42. The molecule has 3 aromatic rings. The van der Waals surface area contributed by atoms with E-state index in [0.717, 1.165) is 48.9 Å². The lowest BCUT2D eigenvalue weighted by molar-refractivity contribution is 0.0686. The molecule has 0 atom stereocenters. The monoisotopic (exact) mass is 320 g/mol. The topological polar surface area (TPSA) is 61.9 Å². The number of piperidine rings is 1. The van der Waals surface area contributed by atoms with Crippen molar-refractivity contribution in [2.24, 2.45) is 5.92 Å². The normalized spacial score (nSPS) is 15.8. The maximum Gasteiger partial charge on any atom is 0.273 e. The number of H-pyrrole nitrogens is 1. The van der Waals surface area contributed by atoms with Gasteiger partial charge in [-0.05, 0) is 30.2 Å². The second kappa shape index (κ2) is 6.43. The van der Waals surface area contributed by atoms with Gasteiger partial charge in [-0.3, -0.25) is 9.78 Å². The van der Waals surface area contributed by atoms with E-state index in [1.807, 2.05) is 41.4 Å². The van der Waals surface area contributed by atoms with Gasteiger partial charge in [0.25, 0.3) is 5.91 Å². The molecule has 1 aromatic carbocycles. The van der Waals surface area contributed by atoms with Crippen LogP contribution in [0.25, 0.3) is 10.8 Å². The maximum absolute atomic E-state index is 12.9. The lowest BCUT2D eigenvalue weighted by atomic mass is 9.93. The van der Waals surface area contributed by atoms with Crippen molar-refractivity contribution in [2.45, 2.75) is 19.3 Å². The van der Waals surface area contributed by atoms with Crippen molar-refractivity contribution >= 4 is 16.7 Å². The van der Waals surface area contributed by atoms with E-state index in [2.05, 4.69) is 15.0 Å². The third-order valence-corrected chi connectivity index (χ3v) is 4.81. The lowest BCUT2D eigenvalue weighted by Gasteiger charge is -2.31. The van der Waals surface area contributed by atoms with Crippen LogP contribution in [0.1, 0.15) is 29.2 Å². The minimum absolute atomic E-state index is 0.0447. The summed E-state index contributed by atoms with van der Waals surface area (Å²) in [5.41, 5.74) is 0.567. The highest BCUT2D eigenvalue weighted by Crippen LogP contribution is 2.23. The van der Waals surface area contributed by atoms with Crippen molar-refractivity contribution in [3.8, 4) is 0 Å². The number of likely N-dealkylation sites (tertiary alicyclic amines) is 1. The van der Waals surface area contributed by atoms with E-state index in [-0.39, 0.29) is 5.91 Å². The first-order valence-corrected chi connectivity index (χ1v) is 8.42. The number of amides is 1. The molecule has 4 rings (SSSR count). The molecule has 5 heteroatoms. The van der Waals surface area contributed by atoms with Crippen LogP contribution in [0, 0.1) is 5.92 Å². The molecule has 24 heavy (non-hydrogen) atoms. The number of aromatic amines is 1. The Labute approximate surface area is 140 Å². The average molecular weight is 320 g/mol. The fourth-order valence-corrected chi connectivity index (χ4v) is 3.46. The Bertz CT molecular complexity index is 830. The largest absolute Gasteiger partial charge is 0.349 e. The predicted octanol–water partition coefficient (Wildman–Crippen LogP) is 3.05.